The molecule has 3 nitrogen and oxygen atoms in total. The lowest BCUT2D eigenvalue weighted by atomic mass is 10.2. The van der Waals surface area contributed by atoms with Crippen molar-refractivity contribution in [2.75, 3.05) is 0 Å². The largest absolute Gasteiger partial charge is 0.301 e. The molecule has 1 aliphatic heterocycles. The Labute approximate surface area is 61.1 Å². The summed E-state index contributed by atoms with van der Waals surface area (Å²) in [6, 6.07) is 0.191. The molecule has 0 amide bonds. The van der Waals surface area contributed by atoms with Gasteiger partial charge in [-0.3, -0.25) is 4.99 Å². The minimum absolute atomic E-state index is 0.149. The second-order valence-electron chi connectivity index (χ2n) is 2.51. The standard InChI is InChI=1S/C6H7NO2S/c8-10(9)6-4-1-2-5(3-4)7-6/h1-2,4-5H,3H2,(H,8,9). The van der Waals surface area contributed by atoms with Crippen LogP contribution in [0.15, 0.2) is 17.1 Å². The molecule has 2 aliphatic rings. The summed E-state index contributed by atoms with van der Waals surface area (Å²) in [7, 11) is 0. The highest BCUT2D eigenvalue weighted by molar-refractivity contribution is 7.95. The van der Waals surface area contributed by atoms with Crippen molar-refractivity contribution in [3.8, 4) is 0 Å². The minimum Gasteiger partial charge on any atom is -0.301 e. The third kappa shape index (κ3) is 0.759. The number of aliphatic imine (C=N–C) groups is 1. The van der Waals surface area contributed by atoms with Gasteiger partial charge in [0.25, 0.3) is 0 Å². The van der Waals surface area contributed by atoms with Crippen molar-refractivity contribution in [3.63, 3.8) is 0 Å². The van der Waals surface area contributed by atoms with E-state index in [0.29, 0.717) is 5.04 Å². The SMILES string of the molecule is O=S(O)C1=NC2C=CC1C2. The highest BCUT2D eigenvalue weighted by Gasteiger charge is 2.32. The molecule has 0 spiro atoms. The van der Waals surface area contributed by atoms with E-state index in [1.807, 2.05) is 12.2 Å². The van der Waals surface area contributed by atoms with Crippen LogP contribution in [0.3, 0.4) is 0 Å². The van der Waals surface area contributed by atoms with Crippen molar-refractivity contribution < 1.29 is 8.76 Å². The number of fused-ring (bicyclic) bond motifs is 2. The molecule has 0 aromatic rings. The number of hydrogen-bond donors (Lipinski definition) is 1. The van der Waals surface area contributed by atoms with Gasteiger partial charge in [0.05, 0.1) is 6.04 Å². The van der Waals surface area contributed by atoms with E-state index >= 15 is 0 Å². The predicted octanol–water partition coefficient (Wildman–Crippen LogP) is 0.565. The van der Waals surface area contributed by atoms with Crippen molar-refractivity contribution in [3.05, 3.63) is 12.2 Å². The van der Waals surface area contributed by atoms with Crippen LogP contribution in [0.25, 0.3) is 0 Å². The molecule has 0 saturated heterocycles. The molecule has 2 bridgehead atoms. The molecule has 1 aliphatic carbocycles. The van der Waals surface area contributed by atoms with Crippen LogP contribution in [-0.4, -0.2) is 19.8 Å². The van der Waals surface area contributed by atoms with Crippen molar-refractivity contribution in [2.24, 2.45) is 10.9 Å². The first-order valence-electron chi connectivity index (χ1n) is 3.14. The summed E-state index contributed by atoms with van der Waals surface area (Å²) < 4.78 is 19.2. The topological polar surface area (TPSA) is 49.7 Å². The van der Waals surface area contributed by atoms with Crippen molar-refractivity contribution in [1.82, 2.24) is 0 Å². The van der Waals surface area contributed by atoms with Gasteiger partial charge in [0, 0.05) is 5.92 Å². The summed E-state index contributed by atoms with van der Waals surface area (Å²) in [6.07, 6.45) is 4.85. The Kier molecular flexibility index (Phi) is 1.25. The molecule has 10 heavy (non-hydrogen) atoms. The van der Waals surface area contributed by atoms with Gasteiger partial charge < -0.3 is 4.55 Å². The zero-order valence-corrected chi connectivity index (χ0v) is 6.04. The first-order valence-corrected chi connectivity index (χ1v) is 4.25. The second-order valence-corrected chi connectivity index (χ2v) is 3.43. The Hall–Kier alpha value is -0.480. The van der Waals surface area contributed by atoms with Crippen LogP contribution in [-0.2, 0) is 11.1 Å². The normalized spacial score (nSPS) is 38.3. The van der Waals surface area contributed by atoms with Gasteiger partial charge in [-0.1, -0.05) is 12.2 Å². The summed E-state index contributed by atoms with van der Waals surface area (Å²) in [4.78, 5) is 4.04. The maximum absolute atomic E-state index is 10.5. The number of rotatable bonds is 0. The molecule has 0 aromatic carbocycles. The van der Waals surface area contributed by atoms with Crippen molar-refractivity contribution in [2.45, 2.75) is 12.5 Å². The quantitative estimate of drug-likeness (QED) is 0.412. The molecule has 0 aromatic heterocycles. The first-order chi connectivity index (χ1) is 4.77. The van der Waals surface area contributed by atoms with E-state index in [2.05, 4.69) is 4.99 Å². The van der Waals surface area contributed by atoms with Crippen molar-refractivity contribution in [1.29, 1.82) is 0 Å². The molecule has 0 fully saturated rings. The molecule has 54 valence electrons. The van der Waals surface area contributed by atoms with Gasteiger partial charge in [-0.05, 0) is 6.42 Å². The third-order valence-electron chi connectivity index (χ3n) is 1.85. The fourth-order valence-corrected chi connectivity index (χ4v) is 2.05. The number of allylic oxidation sites excluding steroid dienone is 1. The summed E-state index contributed by atoms with van der Waals surface area (Å²) >= 11 is -1.84. The lowest BCUT2D eigenvalue weighted by molar-refractivity contribution is 0.575. The summed E-state index contributed by atoms with van der Waals surface area (Å²) in [5.41, 5.74) is 0. The smallest absolute Gasteiger partial charge is 0.201 e. The van der Waals surface area contributed by atoms with E-state index in [4.69, 9.17) is 4.55 Å². The lowest BCUT2D eigenvalue weighted by Gasteiger charge is -2.00. The van der Waals surface area contributed by atoms with E-state index in [1.165, 1.54) is 0 Å². The van der Waals surface area contributed by atoms with Crippen LogP contribution >= 0.6 is 0 Å². The highest BCUT2D eigenvalue weighted by atomic mass is 32.2. The van der Waals surface area contributed by atoms with E-state index in [1.54, 1.807) is 0 Å². The fraction of sp³-hybridized carbons (Fsp3) is 0.500. The van der Waals surface area contributed by atoms with Gasteiger partial charge in [-0.15, -0.1) is 0 Å². The maximum atomic E-state index is 10.5. The van der Waals surface area contributed by atoms with Gasteiger partial charge >= 0.3 is 0 Å². The van der Waals surface area contributed by atoms with Crippen LogP contribution in [0.1, 0.15) is 6.42 Å². The first kappa shape index (κ1) is 6.24. The lowest BCUT2D eigenvalue weighted by Crippen LogP contribution is -2.12. The molecule has 1 heterocycles. The van der Waals surface area contributed by atoms with E-state index < -0.39 is 11.1 Å². The molecule has 2 rings (SSSR count). The monoisotopic (exact) mass is 157 g/mol. The van der Waals surface area contributed by atoms with Gasteiger partial charge in [-0.2, -0.15) is 0 Å². The van der Waals surface area contributed by atoms with Crippen LogP contribution in [0, 0.1) is 5.92 Å². The maximum Gasteiger partial charge on any atom is 0.201 e. The summed E-state index contributed by atoms with van der Waals surface area (Å²) in [5.74, 6) is 0.149. The Morgan fingerprint density at radius 3 is 2.80 bits per heavy atom. The number of hydrogen-bond acceptors (Lipinski definition) is 2. The average Bonchev–Trinajstić information content (AvgIpc) is 2.44. The van der Waals surface area contributed by atoms with Gasteiger partial charge in [0.2, 0.25) is 11.1 Å². The Bertz CT molecular complexity index is 246. The Morgan fingerprint density at radius 1 is 1.70 bits per heavy atom. The average molecular weight is 157 g/mol. The molecule has 1 N–H and O–H groups in total. The van der Waals surface area contributed by atoms with E-state index in [-0.39, 0.29) is 12.0 Å². The highest BCUT2D eigenvalue weighted by Crippen LogP contribution is 2.29. The van der Waals surface area contributed by atoms with Crippen molar-refractivity contribution >= 4 is 16.1 Å². The van der Waals surface area contributed by atoms with Gasteiger partial charge in [-0.25, -0.2) is 4.21 Å². The number of dihydropyridines is 1. The molecule has 3 unspecified atom stereocenters. The van der Waals surface area contributed by atoms with Crippen LogP contribution < -0.4 is 0 Å². The van der Waals surface area contributed by atoms with Gasteiger partial charge in [0.1, 0.15) is 5.04 Å². The molecule has 0 saturated carbocycles. The minimum atomic E-state index is -1.84. The molecular formula is C6H7NO2S. The van der Waals surface area contributed by atoms with Crippen LogP contribution in [0.4, 0.5) is 0 Å². The summed E-state index contributed by atoms with van der Waals surface area (Å²) in [6.45, 7) is 0. The van der Waals surface area contributed by atoms with Crippen LogP contribution in [0.5, 0.6) is 0 Å². The fourth-order valence-electron chi connectivity index (χ4n) is 1.39. The number of nitrogens with zero attached hydrogens (tertiary/aromatic N) is 1. The molecular weight excluding hydrogens is 150 g/mol. The summed E-state index contributed by atoms with van der Waals surface area (Å²) in [5, 5.41) is 0.451. The Morgan fingerprint density at radius 2 is 2.50 bits per heavy atom. The zero-order valence-electron chi connectivity index (χ0n) is 5.23. The zero-order chi connectivity index (χ0) is 7.14. The van der Waals surface area contributed by atoms with E-state index in [9.17, 15) is 4.21 Å². The molecule has 0 radical (unpaired) electrons. The Balaban J connectivity index is 2.29. The second kappa shape index (κ2) is 2.00. The third-order valence-corrected chi connectivity index (χ3v) is 2.62. The predicted molar refractivity (Wildman–Crippen MR) is 39.2 cm³/mol. The molecule has 4 heteroatoms. The van der Waals surface area contributed by atoms with Crippen LogP contribution in [0.2, 0.25) is 0 Å². The molecule has 3 atom stereocenters. The van der Waals surface area contributed by atoms with E-state index in [0.717, 1.165) is 6.42 Å². The van der Waals surface area contributed by atoms with Gasteiger partial charge in [0.15, 0.2) is 0 Å².